The van der Waals surface area contributed by atoms with Crippen LogP contribution < -0.4 is 4.72 Å². The first-order valence-corrected chi connectivity index (χ1v) is 13.9. The number of nitrogens with zero attached hydrogens (tertiary/aromatic N) is 3. The third kappa shape index (κ3) is 5.63. The largest absolute Gasteiger partial charge is 0.588 e. The number of hydrogen-bond acceptors (Lipinski definition) is 5. The van der Waals surface area contributed by atoms with Gasteiger partial charge in [-0.25, -0.2) is 4.72 Å². The Kier molecular flexibility index (Phi) is 7.56. The Labute approximate surface area is 211 Å². The molecule has 2 aliphatic rings. The summed E-state index contributed by atoms with van der Waals surface area (Å²) in [6.45, 7) is 6.61. The molecule has 2 heterocycles. The van der Waals surface area contributed by atoms with Crippen LogP contribution in [0.3, 0.4) is 0 Å². The van der Waals surface area contributed by atoms with Crippen LogP contribution in [0.4, 0.5) is 5.69 Å². The number of anilines is 1. The minimum atomic E-state index is -1.46. The second-order valence-electron chi connectivity index (χ2n) is 9.83. The number of aryl methyl sites for hydroxylation is 1. The molecular formula is C28H34N4O2S. The van der Waals surface area contributed by atoms with Crippen molar-refractivity contribution in [2.45, 2.75) is 43.9 Å². The summed E-state index contributed by atoms with van der Waals surface area (Å²) in [5.41, 5.74) is 3.07. The van der Waals surface area contributed by atoms with E-state index in [4.69, 9.17) is 0 Å². The van der Waals surface area contributed by atoms with Gasteiger partial charge in [0.05, 0.1) is 5.69 Å². The van der Waals surface area contributed by atoms with Crippen LogP contribution in [-0.2, 0) is 11.4 Å². The number of amides is 1. The van der Waals surface area contributed by atoms with E-state index in [0.29, 0.717) is 10.5 Å². The number of pyridine rings is 1. The quantitative estimate of drug-likeness (QED) is 0.492. The summed E-state index contributed by atoms with van der Waals surface area (Å²) in [6.07, 6.45) is 8.58. The van der Waals surface area contributed by atoms with Crippen LogP contribution in [0.25, 0.3) is 10.9 Å². The maximum Gasteiger partial charge on any atom is 0.253 e. The second-order valence-corrected chi connectivity index (χ2v) is 11.0. The van der Waals surface area contributed by atoms with Crippen molar-refractivity contribution in [2.75, 3.05) is 37.4 Å². The first-order valence-electron chi connectivity index (χ1n) is 12.7. The average molecular weight is 491 g/mol. The summed E-state index contributed by atoms with van der Waals surface area (Å²) in [4.78, 5) is 22.7. The van der Waals surface area contributed by atoms with Gasteiger partial charge in [0.1, 0.15) is 16.9 Å². The van der Waals surface area contributed by atoms with Crippen molar-refractivity contribution in [2.24, 2.45) is 5.92 Å². The fourth-order valence-corrected chi connectivity index (χ4v) is 6.43. The number of nitrogens with one attached hydrogen (secondary N) is 1. The molecule has 1 saturated carbocycles. The monoisotopic (exact) mass is 490 g/mol. The fourth-order valence-electron chi connectivity index (χ4n) is 5.34. The van der Waals surface area contributed by atoms with Gasteiger partial charge in [-0.05, 0) is 61.6 Å². The van der Waals surface area contributed by atoms with Gasteiger partial charge in [-0.1, -0.05) is 37.5 Å². The first kappa shape index (κ1) is 24.1. The van der Waals surface area contributed by atoms with Crippen molar-refractivity contribution in [3.8, 4) is 0 Å². The van der Waals surface area contributed by atoms with E-state index >= 15 is 0 Å². The Morgan fingerprint density at radius 3 is 2.60 bits per heavy atom. The van der Waals surface area contributed by atoms with Gasteiger partial charge in [-0.3, -0.25) is 14.7 Å². The van der Waals surface area contributed by atoms with E-state index in [-0.39, 0.29) is 5.91 Å². The molecule has 1 aliphatic heterocycles. The van der Waals surface area contributed by atoms with Gasteiger partial charge in [0.25, 0.3) is 5.91 Å². The smallest absolute Gasteiger partial charge is 0.253 e. The van der Waals surface area contributed by atoms with Crippen LogP contribution in [-0.4, -0.2) is 58.0 Å². The van der Waals surface area contributed by atoms with Crippen LogP contribution in [0.1, 0.15) is 48.0 Å². The van der Waals surface area contributed by atoms with Crippen LogP contribution in [0, 0.1) is 12.8 Å². The molecule has 2 fully saturated rings. The molecular weight excluding hydrogens is 456 g/mol. The minimum absolute atomic E-state index is 0.0799. The molecule has 0 bridgehead atoms. The number of para-hydroxylation sites is 1. The van der Waals surface area contributed by atoms with Gasteiger partial charge in [0.2, 0.25) is 4.90 Å². The van der Waals surface area contributed by atoms with Gasteiger partial charge >= 0.3 is 0 Å². The van der Waals surface area contributed by atoms with E-state index in [1.165, 1.54) is 38.6 Å². The predicted octanol–water partition coefficient (Wildman–Crippen LogP) is 5.02. The van der Waals surface area contributed by atoms with Crippen LogP contribution in [0.2, 0.25) is 0 Å². The maximum atomic E-state index is 13.2. The van der Waals surface area contributed by atoms with Crippen molar-refractivity contribution in [3.63, 3.8) is 0 Å². The number of hydrogen-bond donors (Lipinski definition) is 1. The molecule has 7 heteroatoms. The molecule has 1 unspecified atom stereocenters. The number of benzene rings is 2. The first-order chi connectivity index (χ1) is 17.1. The second kappa shape index (κ2) is 11.0. The van der Waals surface area contributed by atoms with Gasteiger partial charge in [-0.2, -0.15) is 0 Å². The summed E-state index contributed by atoms with van der Waals surface area (Å²) in [7, 11) is 0. The number of carbonyl (C=O) groups is 1. The van der Waals surface area contributed by atoms with E-state index in [1.807, 2.05) is 60.4 Å². The highest BCUT2D eigenvalue weighted by molar-refractivity contribution is 7.93. The lowest BCUT2D eigenvalue weighted by molar-refractivity contribution is 0.0606. The molecule has 1 atom stereocenters. The van der Waals surface area contributed by atoms with E-state index in [1.54, 1.807) is 6.20 Å². The molecule has 0 radical (unpaired) electrons. The van der Waals surface area contributed by atoms with Crippen molar-refractivity contribution in [1.29, 1.82) is 0 Å². The zero-order valence-corrected chi connectivity index (χ0v) is 21.2. The standard InChI is InChI=1S/C28H34N4O2S/c1-21-19-24(28(33)32-17-15-31(16-18-32)20-22-7-3-2-4-8-22)12-13-25(21)30-35(34)26-11-5-9-23-10-6-14-29-27(23)26/h5-6,9-14,19,22,30H,2-4,7-8,15-18,20H2,1H3. The molecule has 3 aromatic rings. The SMILES string of the molecule is Cc1cc(C(=O)N2CCN(CC3CCCCC3)CC2)ccc1N[S+]([O-])c1cccc2cccnc12. The van der Waals surface area contributed by atoms with Gasteiger partial charge in [-0.15, -0.1) is 0 Å². The molecule has 35 heavy (non-hydrogen) atoms. The molecule has 184 valence electrons. The van der Waals surface area contributed by atoms with Crippen LogP contribution in [0.5, 0.6) is 0 Å². The zero-order valence-electron chi connectivity index (χ0n) is 20.4. The zero-order chi connectivity index (χ0) is 24.2. The molecule has 1 aromatic heterocycles. The van der Waals surface area contributed by atoms with Gasteiger partial charge in [0, 0.05) is 49.9 Å². The number of piperazine rings is 1. The van der Waals surface area contributed by atoms with E-state index in [9.17, 15) is 9.35 Å². The van der Waals surface area contributed by atoms with Gasteiger partial charge < -0.3 is 9.45 Å². The molecule has 2 aromatic carbocycles. The molecule has 1 N–H and O–H groups in total. The number of rotatable bonds is 6. The van der Waals surface area contributed by atoms with E-state index < -0.39 is 11.4 Å². The predicted molar refractivity (Wildman–Crippen MR) is 142 cm³/mol. The van der Waals surface area contributed by atoms with E-state index in [2.05, 4.69) is 14.6 Å². The fraction of sp³-hybridized carbons (Fsp3) is 0.429. The van der Waals surface area contributed by atoms with Crippen LogP contribution in [0.15, 0.2) is 59.6 Å². The normalized spacial score (nSPS) is 18.5. The van der Waals surface area contributed by atoms with Crippen molar-refractivity contribution < 1.29 is 9.35 Å². The van der Waals surface area contributed by atoms with Crippen molar-refractivity contribution >= 4 is 33.9 Å². The maximum absolute atomic E-state index is 13.2. The molecule has 0 spiro atoms. The van der Waals surface area contributed by atoms with Gasteiger partial charge in [0.15, 0.2) is 0 Å². The summed E-state index contributed by atoms with van der Waals surface area (Å²) in [5.74, 6) is 0.917. The van der Waals surface area contributed by atoms with E-state index in [0.717, 1.165) is 54.3 Å². The lowest BCUT2D eigenvalue weighted by Crippen LogP contribution is -2.49. The lowest BCUT2D eigenvalue weighted by atomic mass is 9.89. The van der Waals surface area contributed by atoms with Crippen molar-refractivity contribution in [1.82, 2.24) is 14.8 Å². The highest BCUT2D eigenvalue weighted by atomic mass is 32.2. The molecule has 1 aliphatic carbocycles. The Balaban J connectivity index is 1.20. The summed E-state index contributed by atoms with van der Waals surface area (Å²) in [5, 5.41) is 0.955. The summed E-state index contributed by atoms with van der Waals surface area (Å²) < 4.78 is 16.2. The third-order valence-corrected chi connectivity index (χ3v) is 8.51. The van der Waals surface area contributed by atoms with Crippen LogP contribution >= 0.6 is 0 Å². The summed E-state index contributed by atoms with van der Waals surface area (Å²) >= 11 is -1.46. The topological polar surface area (TPSA) is 71.5 Å². The number of fused-ring (bicyclic) bond motifs is 1. The Morgan fingerprint density at radius 2 is 1.83 bits per heavy atom. The highest BCUT2D eigenvalue weighted by Gasteiger charge is 2.25. The van der Waals surface area contributed by atoms with Crippen molar-refractivity contribution in [3.05, 3.63) is 65.9 Å². The minimum Gasteiger partial charge on any atom is -0.588 e. The third-order valence-electron chi connectivity index (χ3n) is 7.37. The highest BCUT2D eigenvalue weighted by Crippen LogP contribution is 2.27. The Bertz CT molecular complexity index is 1170. The Hall–Kier alpha value is -2.61. The Morgan fingerprint density at radius 1 is 1.06 bits per heavy atom. The molecule has 1 saturated heterocycles. The molecule has 6 nitrogen and oxygen atoms in total. The molecule has 5 rings (SSSR count). The average Bonchev–Trinajstić information content (AvgIpc) is 2.90. The molecule has 1 amide bonds. The summed E-state index contributed by atoms with van der Waals surface area (Å²) in [6, 6.07) is 15.1. The number of carbonyl (C=O) groups excluding carboxylic acids is 1. The number of aromatic nitrogens is 1. The lowest BCUT2D eigenvalue weighted by Gasteiger charge is -2.37.